The third-order valence-corrected chi connectivity index (χ3v) is 2.73. The largest absolute Gasteiger partial charge is 0.251 e. The average molecular weight is 260 g/mol. The maximum Gasteiger partial charge on any atom is 0.183 e. The highest BCUT2D eigenvalue weighted by Gasteiger charge is 2.05. The quantitative estimate of drug-likeness (QED) is 0.790. The van der Waals surface area contributed by atoms with Gasteiger partial charge in [0, 0.05) is 0 Å². The topological polar surface area (TPSA) is 38.7 Å². The van der Waals surface area contributed by atoms with Crippen molar-refractivity contribution < 1.29 is 4.39 Å². The molecule has 0 aliphatic heterocycles. The molecule has 13 heavy (non-hydrogen) atoms. The molecule has 3 nitrogen and oxygen atoms in total. The summed E-state index contributed by atoms with van der Waals surface area (Å²) in [5, 5.41) is 8.29. The second-order valence-electron chi connectivity index (χ2n) is 2.22. The lowest BCUT2D eigenvalue weighted by Crippen LogP contribution is -1.83. The lowest BCUT2D eigenvalue weighted by atomic mass is 10.4. The number of rotatable bonds is 1. The van der Waals surface area contributed by atoms with Crippen LogP contribution < -0.4 is 0 Å². The van der Waals surface area contributed by atoms with Gasteiger partial charge in [0.1, 0.15) is 11.5 Å². The van der Waals surface area contributed by atoms with E-state index < -0.39 is 0 Å². The van der Waals surface area contributed by atoms with Gasteiger partial charge in [0.25, 0.3) is 0 Å². The molecule has 2 heterocycles. The van der Waals surface area contributed by atoms with E-state index in [1.54, 1.807) is 6.07 Å². The van der Waals surface area contributed by atoms with Crippen LogP contribution >= 0.6 is 27.3 Å². The van der Waals surface area contributed by atoms with Gasteiger partial charge in [-0.05, 0) is 28.1 Å². The minimum absolute atomic E-state index is 0.354. The summed E-state index contributed by atoms with van der Waals surface area (Å²) in [4.78, 5) is 3.87. The zero-order chi connectivity index (χ0) is 9.26. The summed E-state index contributed by atoms with van der Waals surface area (Å²) < 4.78 is 13.2. The zero-order valence-electron chi connectivity index (χ0n) is 6.24. The molecule has 0 saturated heterocycles. The van der Waals surface area contributed by atoms with E-state index in [1.807, 2.05) is 0 Å². The first kappa shape index (κ1) is 8.71. The first-order valence-electron chi connectivity index (χ1n) is 3.36. The van der Waals surface area contributed by atoms with Crippen molar-refractivity contribution in [3.8, 4) is 10.7 Å². The Kier molecular flexibility index (Phi) is 2.32. The molecule has 2 aromatic rings. The van der Waals surface area contributed by atoms with Crippen molar-refractivity contribution in [3.63, 3.8) is 0 Å². The molecule has 0 bridgehead atoms. The molecular formula is C7H3BrFN3S. The molecule has 0 fully saturated rings. The molecule has 0 N–H and O–H groups in total. The van der Waals surface area contributed by atoms with Crippen LogP contribution in [0.15, 0.2) is 22.2 Å². The van der Waals surface area contributed by atoms with E-state index in [1.165, 1.54) is 17.4 Å². The van der Waals surface area contributed by atoms with Gasteiger partial charge in [0.15, 0.2) is 8.92 Å². The van der Waals surface area contributed by atoms with Gasteiger partial charge in [-0.15, -0.1) is 10.2 Å². The summed E-state index contributed by atoms with van der Waals surface area (Å²) in [5.41, 5.74) is 0.629. The van der Waals surface area contributed by atoms with Crippen LogP contribution in [0.2, 0.25) is 0 Å². The standard InChI is InChI=1S/C7H3BrFN3S/c8-7-12-11-6(13-7)5-2-1-4(9)3-10-5/h1-3H. The third kappa shape index (κ3) is 1.89. The van der Waals surface area contributed by atoms with Crippen molar-refractivity contribution in [2.45, 2.75) is 0 Å². The van der Waals surface area contributed by atoms with Gasteiger partial charge in [-0.2, -0.15) is 0 Å². The molecule has 0 unspecified atom stereocenters. The van der Waals surface area contributed by atoms with Crippen LogP contribution in [0.4, 0.5) is 4.39 Å². The lowest BCUT2D eigenvalue weighted by molar-refractivity contribution is 0.622. The van der Waals surface area contributed by atoms with E-state index in [0.717, 1.165) is 6.20 Å². The summed E-state index contributed by atoms with van der Waals surface area (Å²) >= 11 is 4.54. The van der Waals surface area contributed by atoms with Gasteiger partial charge in [0.05, 0.1) is 6.20 Å². The second kappa shape index (κ2) is 3.47. The van der Waals surface area contributed by atoms with Gasteiger partial charge >= 0.3 is 0 Å². The molecule has 2 rings (SSSR count). The highest BCUT2D eigenvalue weighted by molar-refractivity contribution is 9.11. The number of halogens is 2. The Balaban J connectivity index is 2.41. The second-order valence-corrected chi connectivity index (χ2v) is 4.48. The lowest BCUT2D eigenvalue weighted by Gasteiger charge is -1.91. The molecule has 0 aromatic carbocycles. The maximum absolute atomic E-state index is 12.5. The predicted molar refractivity (Wildman–Crippen MR) is 50.8 cm³/mol. The highest BCUT2D eigenvalue weighted by Crippen LogP contribution is 2.24. The Morgan fingerprint density at radius 1 is 1.31 bits per heavy atom. The minimum Gasteiger partial charge on any atom is -0.251 e. The minimum atomic E-state index is -0.354. The fourth-order valence-electron chi connectivity index (χ4n) is 0.811. The molecule has 0 amide bonds. The summed E-state index contributed by atoms with van der Waals surface area (Å²) in [5.74, 6) is -0.354. The van der Waals surface area contributed by atoms with Gasteiger partial charge in [0.2, 0.25) is 0 Å². The molecule has 0 spiro atoms. The Hall–Kier alpha value is -0.880. The molecule has 66 valence electrons. The van der Waals surface area contributed by atoms with Crippen molar-refractivity contribution >= 4 is 27.3 Å². The molecule has 0 radical (unpaired) electrons. The van der Waals surface area contributed by atoms with Crippen molar-refractivity contribution in [2.75, 3.05) is 0 Å². The summed E-state index contributed by atoms with van der Waals surface area (Å²) in [7, 11) is 0. The molecule has 2 aromatic heterocycles. The van der Waals surface area contributed by atoms with Crippen molar-refractivity contribution in [1.82, 2.24) is 15.2 Å². The average Bonchev–Trinajstić information content (AvgIpc) is 2.53. The van der Waals surface area contributed by atoms with Crippen LogP contribution in [-0.2, 0) is 0 Å². The van der Waals surface area contributed by atoms with Crippen molar-refractivity contribution in [3.05, 3.63) is 28.1 Å². The van der Waals surface area contributed by atoms with E-state index in [-0.39, 0.29) is 5.82 Å². The maximum atomic E-state index is 12.5. The van der Waals surface area contributed by atoms with Crippen LogP contribution in [0, 0.1) is 5.82 Å². The fourth-order valence-corrected chi connectivity index (χ4v) is 1.90. The molecule has 0 aliphatic carbocycles. The summed E-state index contributed by atoms with van der Waals surface area (Å²) in [6.45, 7) is 0. The normalized spacial score (nSPS) is 10.3. The third-order valence-electron chi connectivity index (χ3n) is 1.35. The van der Waals surface area contributed by atoms with E-state index in [9.17, 15) is 4.39 Å². The van der Waals surface area contributed by atoms with Crippen LogP contribution in [0.5, 0.6) is 0 Å². The Morgan fingerprint density at radius 3 is 2.69 bits per heavy atom. The van der Waals surface area contributed by atoms with E-state index in [0.29, 0.717) is 14.6 Å². The number of pyridine rings is 1. The van der Waals surface area contributed by atoms with Crippen molar-refractivity contribution in [2.24, 2.45) is 0 Å². The zero-order valence-corrected chi connectivity index (χ0v) is 8.64. The first-order valence-corrected chi connectivity index (χ1v) is 4.97. The van der Waals surface area contributed by atoms with Crippen LogP contribution in [0.3, 0.4) is 0 Å². The number of aromatic nitrogens is 3. The summed E-state index contributed by atoms with van der Waals surface area (Å²) in [6, 6.07) is 2.92. The molecule has 6 heteroatoms. The number of hydrogen-bond acceptors (Lipinski definition) is 4. The van der Waals surface area contributed by atoms with E-state index in [2.05, 4.69) is 31.1 Å². The van der Waals surface area contributed by atoms with Crippen LogP contribution in [0.1, 0.15) is 0 Å². The van der Waals surface area contributed by atoms with E-state index in [4.69, 9.17) is 0 Å². The monoisotopic (exact) mass is 259 g/mol. The van der Waals surface area contributed by atoms with Gasteiger partial charge in [-0.25, -0.2) is 4.39 Å². The van der Waals surface area contributed by atoms with Crippen molar-refractivity contribution in [1.29, 1.82) is 0 Å². The Labute approximate surface area is 85.8 Å². The summed E-state index contributed by atoms with van der Waals surface area (Å²) in [6.07, 6.45) is 1.16. The SMILES string of the molecule is Fc1ccc(-c2nnc(Br)s2)nc1. The fraction of sp³-hybridized carbons (Fsp3) is 0. The molecule has 0 atom stereocenters. The highest BCUT2D eigenvalue weighted by atomic mass is 79.9. The first-order chi connectivity index (χ1) is 6.25. The Morgan fingerprint density at radius 2 is 2.15 bits per heavy atom. The molecule has 0 aliphatic rings. The van der Waals surface area contributed by atoms with E-state index >= 15 is 0 Å². The van der Waals surface area contributed by atoms with Crippen LogP contribution in [-0.4, -0.2) is 15.2 Å². The molecular weight excluding hydrogens is 257 g/mol. The number of nitrogens with zero attached hydrogens (tertiary/aromatic N) is 3. The molecule has 0 saturated carbocycles. The van der Waals surface area contributed by atoms with Gasteiger partial charge < -0.3 is 0 Å². The van der Waals surface area contributed by atoms with Gasteiger partial charge in [-0.1, -0.05) is 11.3 Å². The smallest absolute Gasteiger partial charge is 0.183 e. The van der Waals surface area contributed by atoms with Gasteiger partial charge in [-0.3, -0.25) is 4.98 Å². The predicted octanol–water partition coefficient (Wildman–Crippen LogP) is 2.50. The number of hydrogen-bond donors (Lipinski definition) is 0. The van der Waals surface area contributed by atoms with Crippen LogP contribution in [0.25, 0.3) is 10.7 Å². The Bertz CT molecular complexity index is 414.